The van der Waals surface area contributed by atoms with E-state index in [0.29, 0.717) is 25.9 Å². The topological polar surface area (TPSA) is 82.1 Å². The lowest BCUT2D eigenvalue weighted by Crippen LogP contribution is -2.50. The molecule has 0 aliphatic carbocycles. The van der Waals surface area contributed by atoms with Crippen molar-refractivity contribution in [1.82, 2.24) is 20.1 Å². The highest BCUT2D eigenvalue weighted by atomic mass is 16.3. The highest BCUT2D eigenvalue weighted by Crippen LogP contribution is 2.27. The van der Waals surface area contributed by atoms with Crippen LogP contribution >= 0.6 is 0 Å². The molecule has 1 fully saturated rings. The van der Waals surface area contributed by atoms with Crippen molar-refractivity contribution < 1.29 is 9.90 Å². The summed E-state index contributed by atoms with van der Waals surface area (Å²) in [6, 6.07) is 9.93. The molecule has 1 amide bonds. The molecule has 0 saturated carbocycles. The number of aromatic amines is 1. The van der Waals surface area contributed by atoms with Crippen molar-refractivity contribution in [2.24, 2.45) is 0 Å². The lowest BCUT2D eigenvalue weighted by Gasteiger charge is -2.36. The molecule has 2 N–H and O–H groups in total. The maximum Gasteiger partial charge on any atom is 0.254 e. The molecule has 1 aliphatic heterocycles. The summed E-state index contributed by atoms with van der Waals surface area (Å²) in [5.74, 6) is 0.786. The normalized spacial score (nSPS) is 20.6. The Hall–Kier alpha value is -2.21. The summed E-state index contributed by atoms with van der Waals surface area (Å²) in [5, 5.41) is 17.5. The van der Waals surface area contributed by atoms with Crippen molar-refractivity contribution in [3.05, 3.63) is 48.0 Å². The fraction of sp³-hybridized carbons (Fsp3) is 0.500. The third-order valence-electron chi connectivity index (χ3n) is 4.73. The van der Waals surface area contributed by atoms with E-state index in [1.165, 1.54) is 6.33 Å². The van der Waals surface area contributed by atoms with E-state index in [9.17, 15) is 9.90 Å². The van der Waals surface area contributed by atoms with Crippen molar-refractivity contribution in [1.29, 1.82) is 0 Å². The van der Waals surface area contributed by atoms with Crippen molar-refractivity contribution in [3.63, 3.8) is 0 Å². The lowest BCUT2D eigenvalue weighted by molar-refractivity contribution is -0.151. The number of carbonyl (C=O) groups is 1. The minimum absolute atomic E-state index is 0.162. The predicted molar refractivity (Wildman–Crippen MR) is 90.3 cm³/mol. The molecule has 0 radical (unpaired) electrons. The summed E-state index contributed by atoms with van der Waals surface area (Å²) in [7, 11) is 0. The number of piperidine rings is 1. The predicted octanol–water partition coefficient (Wildman–Crippen LogP) is 1.89. The lowest BCUT2D eigenvalue weighted by atomic mass is 9.92. The zero-order valence-electron chi connectivity index (χ0n) is 14.0. The number of amides is 1. The number of nitrogens with zero attached hydrogens (tertiary/aromatic N) is 3. The molecule has 1 aliphatic rings. The second-order valence-corrected chi connectivity index (χ2v) is 6.72. The summed E-state index contributed by atoms with van der Waals surface area (Å²) in [6.45, 7) is 2.89. The van der Waals surface area contributed by atoms with E-state index in [4.69, 9.17) is 0 Å². The maximum atomic E-state index is 12.8. The molecule has 2 atom stereocenters. The Morgan fingerprint density at radius 2 is 2.21 bits per heavy atom. The molecule has 6 heteroatoms. The van der Waals surface area contributed by atoms with Gasteiger partial charge in [0, 0.05) is 19.0 Å². The fourth-order valence-electron chi connectivity index (χ4n) is 3.28. The summed E-state index contributed by atoms with van der Waals surface area (Å²) in [5.41, 5.74) is -0.220. The van der Waals surface area contributed by atoms with Crippen LogP contribution in [0.3, 0.4) is 0 Å². The average molecular weight is 328 g/mol. The number of aliphatic hydroxyl groups is 1. The standard InChI is InChI=1S/C18H24N4O2/c1-18(24,10-9-14-6-3-2-4-7-14)17(23)22-11-5-8-15(12-22)16-19-13-20-21-16/h2-4,6-7,13,15,24H,5,8-12H2,1H3,(H,19,20,21). The summed E-state index contributed by atoms with van der Waals surface area (Å²) in [4.78, 5) is 18.8. The van der Waals surface area contributed by atoms with Gasteiger partial charge in [0.15, 0.2) is 0 Å². The third-order valence-corrected chi connectivity index (χ3v) is 4.73. The summed E-state index contributed by atoms with van der Waals surface area (Å²) < 4.78 is 0. The first kappa shape index (κ1) is 16.6. The molecule has 1 saturated heterocycles. The van der Waals surface area contributed by atoms with Crippen LogP contribution in [0.25, 0.3) is 0 Å². The quantitative estimate of drug-likeness (QED) is 0.878. The number of carbonyl (C=O) groups excluding carboxylic acids is 1. The molecule has 2 heterocycles. The van der Waals surface area contributed by atoms with Crippen LogP contribution in [0.5, 0.6) is 0 Å². The van der Waals surface area contributed by atoms with Gasteiger partial charge in [-0.25, -0.2) is 4.98 Å². The van der Waals surface area contributed by atoms with Crippen LogP contribution in [0.4, 0.5) is 0 Å². The molecule has 3 rings (SSSR count). The minimum Gasteiger partial charge on any atom is -0.380 e. The Balaban J connectivity index is 1.61. The van der Waals surface area contributed by atoms with Gasteiger partial charge in [-0.15, -0.1) is 0 Å². The van der Waals surface area contributed by atoms with Crippen LogP contribution in [0.2, 0.25) is 0 Å². The van der Waals surface area contributed by atoms with E-state index in [-0.39, 0.29) is 11.8 Å². The number of aromatic nitrogens is 3. The third kappa shape index (κ3) is 3.82. The smallest absolute Gasteiger partial charge is 0.254 e. The number of likely N-dealkylation sites (tertiary alicyclic amines) is 1. The Labute approximate surface area is 141 Å². The van der Waals surface area contributed by atoms with Crippen LogP contribution in [-0.4, -0.2) is 49.8 Å². The second-order valence-electron chi connectivity index (χ2n) is 6.72. The van der Waals surface area contributed by atoms with Crippen LogP contribution in [-0.2, 0) is 11.2 Å². The van der Waals surface area contributed by atoms with Crippen LogP contribution in [0, 0.1) is 0 Å². The van der Waals surface area contributed by atoms with Crippen LogP contribution in [0.15, 0.2) is 36.7 Å². The van der Waals surface area contributed by atoms with Crippen molar-refractivity contribution in [2.75, 3.05) is 13.1 Å². The highest BCUT2D eigenvalue weighted by Gasteiger charge is 2.36. The molecular formula is C18H24N4O2. The average Bonchev–Trinajstić information content (AvgIpc) is 3.15. The Morgan fingerprint density at radius 1 is 1.42 bits per heavy atom. The van der Waals surface area contributed by atoms with Crippen molar-refractivity contribution in [3.8, 4) is 0 Å². The van der Waals surface area contributed by atoms with E-state index < -0.39 is 5.60 Å². The minimum atomic E-state index is -1.35. The number of hydrogen-bond acceptors (Lipinski definition) is 4. The largest absolute Gasteiger partial charge is 0.380 e. The monoisotopic (exact) mass is 328 g/mol. The van der Waals surface area contributed by atoms with Crippen LogP contribution in [0.1, 0.15) is 43.5 Å². The molecule has 128 valence electrons. The van der Waals surface area contributed by atoms with Gasteiger partial charge in [0.05, 0.1) is 0 Å². The summed E-state index contributed by atoms with van der Waals surface area (Å²) in [6.07, 6.45) is 4.47. The van der Waals surface area contributed by atoms with Gasteiger partial charge in [-0.1, -0.05) is 30.3 Å². The number of hydrogen-bond donors (Lipinski definition) is 2. The maximum absolute atomic E-state index is 12.8. The first-order valence-corrected chi connectivity index (χ1v) is 8.47. The van der Waals surface area contributed by atoms with Gasteiger partial charge in [-0.3, -0.25) is 9.89 Å². The molecule has 24 heavy (non-hydrogen) atoms. The van der Waals surface area contributed by atoms with Gasteiger partial charge in [0.2, 0.25) is 0 Å². The Morgan fingerprint density at radius 3 is 2.92 bits per heavy atom. The van der Waals surface area contributed by atoms with E-state index in [1.54, 1.807) is 11.8 Å². The highest BCUT2D eigenvalue weighted by molar-refractivity contribution is 5.84. The SMILES string of the molecule is CC(O)(CCc1ccccc1)C(=O)N1CCCC(c2ncn[nH]2)C1. The van der Waals surface area contributed by atoms with Gasteiger partial charge < -0.3 is 10.0 Å². The van der Waals surface area contributed by atoms with E-state index >= 15 is 0 Å². The molecule has 2 unspecified atom stereocenters. The molecule has 1 aromatic carbocycles. The number of nitrogens with one attached hydrogen (secondary N) is 1. The molecular weight excluding hydrogens is 304 g/mol. The number of benzene rings is 1. The van der Waals surface area contributed by atoms with Gasteiger partial charge in [-0.05, 0) is 38.2 Å². The molecule has 2 aromatic rings. The number of rotatable bonds is 5. The van der Waals surface area contributed by atoms with Gasteiger partial charge in [0.1, 0.15) is 17.8 Å². The second kappa shape index (κ2) is 7.13. The molecule has 0 spiro atoms. The van der Waals surface area contributed by atoms with E-state index in [0.717, 1.165) is 24.2 Å². The first-order valence-electron chi connectivity index (χ1n) is 8.47. The van der Waals surface area contributed by atoms with Gasteiger partial charge >= 0.3 is 0 Å². The van der Waals surface area contributed by atoms with E-state index in [1.807, 2.05) is 30.3 Å². The van der Waals surface area contributed by atoms with E-state index in [2.05, 4.69) is 15.2 Å². The van der Waals surface area contributed by atoms with Gasteiger partial charge in [-0.2, -0.15) is 5.10 Å². The fourth-order valence-corrected chi connectivity index (χ4v) is 3.28. The zero-order valence-corrected chi connectivity index (χ0v) is 14.0. The summed E-state index contributed by atoms with van der Waals surface area (Å²) >= 11 is 0. The molecule has 0 bridgehead atoms. The number of H-pyrrole nitrogens is 1. The van der Waals surface area contributed by atoms with Crippen LogP contribution < -0.4 is 0 Å². The van der Waals surface area contributed by atoms with Crippen molar-refractivity contribution in [2.45, 2.75) is 44.1 Å². The first-order chi connectivity index (χ1) is 11.6. The Kier molecular flexibility index (Phi) is 4.94. The molecule has 6 nitrogen and oxygen atoms in total. The number of aryl methyl sites for hydroxylation is 1. The van der Waals surface area contributed by atoms with Gasteiger partial charge in [0.25, 0.3) is 5.91 Å². The van der Waals surface area contributed by atoms with Crippen molar-refractivity contribution >= 4 is 5.91 Å². The molecule has 1 aromatic heterocycles. The Bertz CT molecular complexity index is 655. The zero-order chi connectivity index (χ0) is 17.0.